The van der Waals surface area contributed by atoms with Gasteiger partial charge in [0.2, 0.25) is 5.91 Å². The Balaban J connectivity index is 2.05. The Bertz CT molecular complexity index is 547. The lowest BCUT2D eigenvalue weighted by molar-refractivity contribution is -0.126. The molecule has 0 saturated carbocycles. The Kier molecular flexibility index (Phi) is 5.90. The van der Waals surface area contributed by atoms with Crippen LogP contribution >= 0.6 is 15.9 Å². The summed E-state index contributed by atoms with van der Waals surface area (Å²) in [6.45, 7) is 1.75. The maximum absolute atomic E-state index is 13.4. The molecule has 0 spiro atoms. The number of piperidine rings is 1. The van der Waals surface area contributed by atoms with Gasteiger partial charge in [-0.15, -0.1) is 0 Å². The molecule has 0 radical (unpaired) electrons. The number of halogens is 2. The van der Waals surface area contributed by atoms with Crippen molar-refractivity contribution in [1.82, 2.24) is 10.2 Å². The van der Waals surface area contributed by atoms with Gasteiger partial charge in [0.15, 0.2) is 0 Å². The third-order valence-electron chi connectivity index (χ3n) is 3.63. The number of hydrogen-bond donors (Lipinski definition) is 2. The molecule has 1 saturated heterocycles. The first kappa shape index (κ1) is 16.9. The molecule has 1 atom stereocenters. The molecular weight excluding hydrogens is 353 g/mol. The van der Waals surface area contributed by atoms with Gasteiger partial charge in [0.1, 0.15) is 5.82 Å². The molecule has 5 nitrogen and oxygen atoms in total. The van der Waals surface area contributed by atoms with Crippen molar-refractivity contribution in [2.75, 3.05) is 26.2 Å². The van der Waals surface area contributed by atoms with Crippen LogP contribution in [0.15, 0.2) is 22.7 Å². The summed E-state index contributed by atoms with van der Waals surface area (Å²) in [7, 11) is 0. The zero-order valence-electron chi connectivity index (χ0n) is 12.1. The molecule has 22 heavy (non-hydrogen) atoms. The number of likely N-dealkylation sites (tertiary alicyclic amines) is 1. The van der Waals surface area contributed by atoms with Gasteiger partial charge in [0.25, 0.3) is 5.91 Å². The van der Waals surface area contributed by atoms with Crippen LogP contribution in [0.25, 0.3) is 0 Å². The smallest absolute Gasteiger partial charge is 0.254 e. The zero-order valence-corrected chi connectivity index (χ0v) is 13.7. The summed E-state index contributed by atoms with van der Waals surface area (Å²) in [6.07, 6.45) is 1.50. The molecule has 3 N–H and O–H groups in total. The minimum atomic E-state index is -0.466. The van der Waals surface area contributed by atoms with E-state index in [2.05, 4.69) is 21.2 Å². The Hall–Kier alpha value is -1.47. The third-order valence-corrected chi connectivity index (χ3v) is 4.09. The molecule has 1 aromatic rings. The molecular formula is C15H19BrFN3O2. The van der Waals surface area contributed by atoms with E-state index in [1.165, 1.54) is 12.1 Å². The number of carbonyl (C=O) groups is 2. The zero-order chi connectivity index (χ0) is 16.1. The highest BCUT2D eigenvalue weighted by molar-refractivity contribution is 9.10. The predicted molar refractivity (Wildman–Crippen MR) is 84.8 cm³/mol. The largest absolute Gasteiger partial charge is 0.355 e. The highest BCUT2D eigenvalue weighted by Crippen LogP contribution is 2.21. The van der Waals surface area contributed by atoms with Gasteiger partial charge in [-0.3, -0.25) is 9.59 Å². The number of nitrogens with one attached hydrogen (secondary N) is 1. The number of rotatable bonds is 4. The molecule has 7 heteroatoms. The van der Waals surface area contributed by atoms with E-state index in [9.17, 15) is 14.0 Å². The molecule has 1 aliphatic heterocycles. The fraction of sp³-hybridized carbons (Fsp3) is 0.467. The Morgan fingerprint density at radius 1 is 1.41 bits per heavy atom. The van der Waals surface area contributed by atoms with Crippen molar-refractivity contribution in [2.24, 2.45) is 11.7 Å². The van der Waals surface area contributed by atoms with E-state index in [-0.39, 0.29) is 23.3 Å². The second-order valence-electron chi connectivity index (χ2n) is 5.33. The minimum absolute atomic E-state index is 0.0802. The molecule has 1 fully saturated rings. The van der Waals surface area contributed by atoms with E-state index >= 15 is 0 Å². The van der Waals surface area contributed by atoms with Crippen LogP contribution < -0.4 is 11.1 Å². The van der Waals surface area contributed by atoms with Crippen molar-refractivity contribution in [3.8, 4) is 0 Å². The van der Waals surface area contributed by atoms with Gasteiger partial charge in [0, 0.05) is 36.2 Å². The monoisotopic (exact) mass is 371 g/mol. The van der Waals surface area contributed by atoms with Gasteiger partial charge in [-0.25, -0.2) is 4.39 Å². The highest BCUT2D eigenvalue weighted by Gasteiger charge is 2.28. The number of amides is 2. The van der Waals surface area contributed by atoms with Gasteiger partial charge in [-0.1, -0.05) is 15.9 Å². The quantitative estimate of drug-likeness (QED) is 0.842. The lowest BCUT2D eigenvalue weighted by Gasteiger charge is -2.32. The van der Waals surface area contributed by atoms with Crippen molar-refractivity contribution in [3.63, 3.8) is 0 Å². The number of hydrogen-bond acceptors (Lipinski definition) is 3. The predicted octanol–water partition coefficient (Wildman–Crippen LogP) is 1.52. The molecule has 120 valence electrons. The Labute approximate surface area is 137 Å². The van der Waals surface area contributed by atoms with Crippen LogP contribution in [-0.2, 0) is 4.79 Å². The minimum Gasteiger partial charge on any atom is -0.355 e. The molecule has 0 bridgehead atoms. The van der Waals surface area contributed by atoms with Crippen molar-refractivity contribution in [1.29, 1.82) is 0 Å². The lowest BCUT2D eigenvalue weighted by Crippen LogP contribution is -2.46. The summed E-state index contributed by atoms with van der Waals surface area (Å²) >= 11 is 3.18. The van der Waals surface area contributed by atoms with Gasteiger partial charge in [-0.2, -0.15) is 0 Å². The second kappa shape index (κ2) is 7.69. The summed E-state index contributed by atoms with van der Waals surface area (Å²) in [6, 6.07) is 4.10. The SMILES string of the molecule is NCCNC(=O)C1CCCN(C(=O)c2cc(F)cc(Br)c2)C1. The van der Waals surface area contributed by atoms with Crippen LogP contribution in [0, 0.1) is 11.7 Å². The maximum Gasteiger partial charge on any atom is 0.254 e. The van der Waals surface area contributed by atoms with Crippen LogP contribution in [0.2, 0.25) is 0 Å². The van der Waals surface area contributed by atoms with Crippen LogP contribution in [0.5, 0.6) is 0 Å². The summed E-state index contributed by atoms with van der Waals surface area (Å²) in [5.41, 5.74) is 5.65. The number of nitrogens with zero attached hydrogens (tertiary/aromatic N) is 1. The summed E-state index contributed by atoms with van der Waals surface area (Å²) < 4.78 is 13.9. The van der Waals surface area contributed by atoms with Crippen molar-refractivity contribution >= 4 is 27.7 Å². The molecule has 1 unspecified atom stereocenters. The third kappa shape index (κ3) is 4.27. The fourth-order valence-electron chi connectivity index (χ4n) is 2.58. The van der Waals surface area contributed by atoms with E-state index < -0.39 is 5.82 Å². The highest BCUT2D eigenvalue weighted by atomic mass is 79.9. The number of benzene rings is 1. The molecule has 2 rings (SSSR count). The van der Waals surface area contributed by atoms with E-state index in [1.54, 1.807) is 11.0 Å². The van der Waals surface area contributed by atoms with Crippen LogP contribution in [-0.4, -0.2) is 42.9 Å². The molecule has 2 amide bonds. The van der Waals surface area contributed by atoms with E-state index in [4.69, 9.17) is 5.73 Å². The summed E-state index contributed by atoms with van der Waals surface area (Å²) in [4.78, 5) is 26.1. The summed E-state index contributed by atoms with van der Waals surface area (Å²) in [5, 5.41) is 2.75. The van der Waals surface area contributed by atoms with Crippen LogP contribution in [0.4, 0.5) is 4.39 Å². The molecule has 1 aromatic carbocycles. The number of nitrogens with two attached hydrogens (primary N) is 1. The molecule has 0 aromatic heterocycles. The first-order valence-electron chi connectivity index (χ1n) is 7.24. The Morgan fingerprint density at radius 3 is 2.86 bits per heavy atom. The molecule has 1 heterocycles. The van der Waals surface area contributed by atoms with Crippen molar-refractivity contribution in [2.45, 2.75) is 12.8 Å². The van der Waals surface area contributed by atoms with E-state index in [0.29, 0.717) is 30.7 Å². The average molecular weight is 372 g/mol. The van der Waals surface area contributed by atoms with Crippen LogP contribution in [0.3, 0.4) is 0 Å². The normalized spacial score (nSPS) is 18.1. The van der Waals surface area contributed by atoms with Gasteiger partial charge in [-0.05, 0) is 31.0 Å². The standard InChI is InChI=1S/C15H19BrFN3O2/c16-12-6-11(7-13(17)8-12)15(22)20-5-1-2-10(9-20)14(21)19-4-3-18/h6-8,10H,1-5,9,18H2,(H,19,21). The average Bonchev–Trinajstić information content (AvgIpc) is 2.51. The molecule has 0 aliphatic carbocycles. The lowest BCUT2D eigenvalue weighted by atomic mass is 9.96. The topological polar surface area (TPSA) is 75.4 Å². The first-order valence-corrected chi connectivity index (χ1v) is 8.03. The van der Waals surface area contributed by atoms with Gasteiger partial charge in [0.05, 0.1) is 5.92 Å². The number of carbonyl (C=O) groups excluding carboxylic acids is 2. The molecule has 1 aliphatic rings. The first-order chi connectivity index (χ1) is 10.5. The maximum atomic E-state index is 13.4. The second-order valence-corrected chi connectivity index (χ2v) is 6.24. The fourth-order valence-corrected chi connectivity index (χ4v) is 3.04. The van der Waals surface area contributed by atoms with E-state index in [0.717, 1.165) is 12.8 Å². The van der Waals surface area contributed by atoms with E-state index in [1.807, 2.05) is 0 Å². The Morgan fingerprint density at radius 2 is 2.18 bits per heavy atom. The summed E-state index contributed by atoms with van der Waals surface area (Å²) in [5.74, 6) is -1.03. The van der Waals surface area contributed by atoms with Crippen LogP contribution in [0.1, 0.15) is 23.2 Å². The van der Waals surface area contributed by atoms with Crippen molar-refractivity contribution in [3.05, 3.63) is 34.1 Å². The van der Waals surface area contributed by atoms with Gasteiger partial charge < -0.3 is 16.0 Å². The van der Waals surface area contributed by atoms with Gasteiger partial charge >= 0.3 is 0 Å². The van der Waals surface area contributed by atoms with Crippen molar-refractivity contribution < 1.29 is 14.0 Å².